The lowest BCUT2D eigenvalue weighted by Gasteiger charge is -2.27. The second-order valence-electron chi connectivity index (χ2n) is 5.06. The van der Waals surface area contributed by atoms with Crippen LogP contribution in [0.1, 0.15) is 33.1 Å². The Balaban J connectivity index is 3.92. The molecule has 0 spiro atoms. The summed E-state index contributed by atoms with van der Waals surface area (Å²) in [6.07, 6.45) is 2.85. The van der Waals surface area contributed by atoms with Gasteiger partial charge < -0.3 is 19.7 Å². The summed E-state index contributed by atoms with van der Waals surface area (Å²) in [6, 6.07) is 0. The molecule has 0 aromatic rings. The molecule has 1 N–H and O–H groups in total. The van der Waals surface area contributed by atoms with Crippen molar-refractivity contribution >= 4 is 5.97 Å². The third kappa shape index (κ3) is 7.50. The normalized spacial score (nSPS) is 14.4. The van der Waals surface area contributed by atoms with Gasteiger partial charge >= 0.3 is 5.97 Å². The average Bonchev–Trinajstić information content (AvgIpc) is 2.41. The average molecular weight is 274 g/mol. The van der Waals surface area contributed by atoms with Gasteiger partial charge in [0.2, 0.25) is 0 Å². The van der Waals surface area contributed by atoms with E-state index in [0.29, 0.717) is 6.61 Å². The van der Waals surface area contributed by atoms with Crippen molar-refractivity contribution in [3.05, 3.63) is 0 Å². The molecule has 0 bridgehead atoms. The molecule has 0 amide bonds. The fourth-order valence-corrected chi connectivity index (χ4v) is 1.84. The van der Waals surface area contributed by atoms with Gasteiger partial charge in [-0.25, -0.2) is 0 Å². The van der Waals surface area contributed by atoms with E-state index in [2.05, 4.69) is 17.3 Å². The van der Waals surface area contributed by atoms with E-state index in [-0.39, 0.29) is 5.97 Å². The van der Waals surface area contributed by atoms with Crippen LogP contribution in [0, 0.1) is 0 Å². The van der Waals surface area contributed by atoms with Crippen molar-refractivity contribution in [3.63, 3.8) is 0 Å². The van der Waals surface area contributed by atoms with Crippen LogP contribution in [-0.2, 0) is 14.3 Å². The maximum absolute atomic E-state index is 11.9. The molecular formula is C14H30N2O3. The fourth-order valence-electron chi connectivity index (χ4n) is 1.84. The Morgan fingerprint density at radius 2 is 2.00 bits per heavy atom. The highest BCUT2D eigenvalue weighted by atomic mass is 16.5. The summed E-state index contributed by atoms with van der Waals surface area (Å²) in [5, 5.41) is 3.08. The van der Waals surface area contributed by atoms with Crippen LogP contribution in [0.5, 0.6) is 0 Å². The van der Waals surface area contributed by atoms with Gasteiger partial charge in [-0.2, -0.15) is 0 Å². The first kappa shape index (κ1) is 18.4. The minimum absolute atomic E-state index is 0.162. The van der Waals surface area contributed by atoms with E-state index in [4.69, 9.17) is 9.47 Å². The van der Waals surface area contributed by atoms with Crippen molar-refractivity contribution in [2.75, 3.05) is 47.5 Å². The number of rotatable bonds is 11. The monoisotopic (exact) mass is 274 g/mol. The molecule has 19 heavy (non-hydrogen) atoms. The van der Waals surface area contributed by atoms with Gasteiger partial charge in [0, 0.05) is 13.7 Å². The van der Waals surface area contributed by atoms with Gasteiger partial charge in [-0.1, -0.05) is 0 Å². The molecule has 0 aromatic carbocycles. The number of carbonyl (C=O) groups excluding carboxylic acids is 1. The van der Waals surface area contributed by atoms with E-state index in [9.17, 15) is 4.79 Å². The van der Waals surface area contributed by atoms with Crippen LogP contribution in [0.2, 0.25) is 0 Å². The number of hydrogen-bond donors (Lipinski definition) is 1. The Hall–Kier alpha value is -0.650. The van der Waals surface area contributed by atoms with Crippen molar-refractivity contribution in [1.29, 1.82) is 0 Å². The van der Waals surface area contributed by atoms with Crippen molar-refractivity contribution < 1.29 is 14.3 Å². The van der Waals surface area contributed by atoms with E-state index in [1.807, 2.05) is 20.9 Å². The molecule has 5 heteroatoms. The van der Waals surface area contributed by atoms with Gasteiger partial charge in [-0.3, -0.25) is 4.79 Å². The molecule has 114 valence electrons. The fraction of sp³-hybridized carbons (Fsp3) is 0.929. The summed E-state index contributed by atoms with van der Waals surface area (Å²) in [5.41, 5.74) is -0.568. The van der Waals surface area contributed by atoms with E-state index in [0.717, 1.165) is 39.0 Å². The van der Waals surface area contributed by atoms with Crippen molar-refractivity contribution in [2.45, 2.75) is 38.6 Å². The summed E-state index contributed by atoms with van der Waals surface area (Å²) in [5.74, 6) is -0.162. The number of methoxy groups -OCH3 is 1. The number of ether oxygens (including phenoxy) is 2. The second-order valence-corrected chi connectivity index (χ2v) is 5.06. The lowest BCUT2D eigenvalue weighted by atomic mass is 9.95. The van der Waals surface area contributed by atoms with Gasteiger partial charge in [0.15, 0.2) is 0 Å². The number of esters is 1. The number of nitrogens with one attached hydrogen (secondary N) is 1. The first-order valence-corrected chi connectivity index (χ1v) is 7.03. The zero-order valence-electron chi connectivity index (χ0n) is 13.1. The summed E-state index contributed by atoms with van der Waals surface area (Å²) in [4.78, 5) is 14.1. The van der Waals surface area contributed by atoms with Crippen LogP contribution in [0.3, 0.4) is 0 Å². The van der Waals surface area contributed by atoms with Crippen molar-refractivity contribution in [1.82, 2.24) is 10.2 Å². The van der Waals surface area contributed by atoms with Gasteiger partial charge in [-0.05, 0) is 53.8 Å². The maximum Gasteiger partial charge on any atom is 0.326 e. The highest BCUT2D eigenvalue weighted by molar-refractivity contribution is 5.80. The van der Waals surface area contributed by atoms with E-state index in [1.54, 1.807) is 7.11 Å². The highest BCUT2D eigenvalue weighted by Gasteiger charge is 2.32. The Morgan fingerprint density at radius 3 is 2.53 bits per heavy atom. The zero-order chi connectivity index (χ0) is 14.7. The van der Waals surface area contributed by atoms with Crippen LogP contribution >= 0.6 is 0 Å². The molecule has 0 rings (SSSR count). The van der Waals surface area contributed by atoms with Gasteiger partial charge in [0.1, 0.15) is 5.54 Å². The first-order chi connectivity index (χ1) is 9.00. The molecule has 0 fully saturated rings. The zero-order valence-corrected chi connectivity index (χ0v) is 13.1. The molecular weight excluding hydrogens is 244 g/mol. The minimum atomic E-state index is -0.568. The summed E-state index contributed by atoms with van der Waals surface area (Å²) >= 11 is 0. The lowest BCUT2D eigenvalue weighted by molar-refractivity contribution is -0.150. The van der Waals surface area contributed by atoms with Gasteiger partial charge in [0.05, 0.1) is 13.2 Å². The Labute approximate surface area is 117 Å². The highest BCUT2D eigenvalue weighted by Crippen LogP contribution is 2.15. The predicted molar refractivity (Wildman–Crippen MR) is 77.3 cm³/mol. The van der Waals surface area contributed by atoms with E-state index in [1.165, 1.54) is 0 Å². The Bertz CT molecular complexity index is 249. The molecule has 0 aliphatic rings. The van der Waals surface area contributed by atoms with Crippen LogP contribution in [0.4, 0.5) is 0 Å². The third-order valence-corrected chi connectivity index (χ3v) is 3.42. The Morgan fingerprint density at radius 1 is 1.32 bits per heavy atom. The van der Waals surface area contributed by atoms with Crippen LogP contribution in [0.15, 0.2) is 0 Å². The number of unbranched alkanes of at least 4 members (excludes halogenated alkanes) is 1. The second kappa shape index (κ2) is 10.2. The molecule has 5 nitrogen and oxygen atoms in total. The molecule has 0 saturated carbocycles. The molecule has 0 radical (unpaired) electrons. The van der Waals surface area contributed by atoms with E-state index >= 15 is 0 Å². The SMILES string of the molecule is CCOC(=O)C(C)(CCCCN(C)CCOC)NC. The molecule has 0 heterocycles. The molecule has 1 atom stereocenters. The maximum atomic E-state index is 11.9. The molecule has 0 saturated heterocycles. The van der Waals surface area contributed by atoms with Crippen LogP contribution in [0.25, 0.3) is 0 Å². The Kier molecular flexibility index (Phi) is 9.83. The first-order valence-electron chi connectivity index (χ1n) is 7.03. The predicted octanol–water partition coefficient (Wildman–Crippen LogP) is 1.28. The van der Waals surface area contributed by atoms with E-state index < -0.39 is 5.54 Å². The molecule has 1 unspecified atom stereocenters. The molecule has 0 aromatic heterocycles. The van der Waals surface area contributed by atoms with Crippen molar-refractivity contribution in [2.24, 2.45) is 0 Å². The summed E-state index contributed by atoms with van der Waals surface area (Å²) in [6.45, 7) is 6.88. The number of hydrogen-bond acceptors (Lipinski definition) is 5. The van der Waals surface area contributed by atoms with Gasteiger partial charge in [0.25, 0.3) is 0 Å². The number of likely N-dealkylation sites (N-methyl/N-ethyl adjacent to an activating group) is 2. The largest absolute Gasteiger partial charge is 0.465 e. The number of carbonyl (C=O) groups is 1. The van der Waals surface area contributed by atoms with Crippen molar-refractivity contribution in [3.8, 4) is 0 Å². The summed E-state index contributed by atoms with van der Waals surface area (Å²) < 4.78 is 10.1. The standard InChI is InChI=1S/C14H30N2O3/c1-6-19-13(17)14(2,15-3)9-7-8-10-16(4)11-12-18-5/h15H,6-12H2,1-5H3. The van der Waals surface area contributed by atoms with Gasteiger partial charge in [-0.15, -0.1) is 0 Å². The lowest BCUT2D eigenvalue weighted by Crippen LogP contribution is -2.48. The quantitative estimate of drug-likeness (QED) is 0.454. The molecule has 0 aliphatic heterocycles. The number of nitrogens with zero attached hydrogens (tertiary/aromatic N) is 1. The smallest absolute Gasteiger partial charge is 0.326 e. The van der Waals surface area contributed by atoms with Crippen LogP contribution < -0.4 is 5.32 Å². The summed E-state index contributed by atoms with van der Waals surface area (Å²) in [7, 11) is 5.61. The van der Waals surface area contributed by atoms with Crippen LogP contribution in [-0.4, -0.2) is 63.9 Å². The topological polar surface area (TPSA) is 50.8 Å². The molecule has 0 aliphatic carbocycles. The minimum Gasteiger partial charge on any atom is -0.465 e. The third-order valence-electron chi connectivity index (χ3n) is 3.42.